The van der Waals surface area contributed by atoms with E-state index < -0.39 is 23.9 Å². The maximum atomic E-state index is 12.6. The van der Waals surface area contributed by atoms with Gasteiger partial charge in [0.05, 0.1) is 6.61 Å². The first-order valence-corrected chi connectivity index (χ1v) is 9.82. The van der Waals surface area contributed by atoms with Crippen molar-refractivity contribution in [1.29, 1.82) is 0 Å². The number of hydrogen-bond acceptors (Lipinski definition) is 5. The molecule has 0 saturated carbocycles. The van der Waals surface area contributed by atoms with E-state index in [-0.39, 0.29) is 24.9 Å². The molecule has 0 unspecified atom stereocenters. The molecule has 0 aliphatic rings. The lowest BCUT2D eigenvalue weighted by molar-refractivity contribution is -0.131. The van der Waals surface area contributed by atoms with Crippen LogP contribution in [0.4, 0.5) is 5.69 Å². The SMILES string of the molecule is CC(C)[C@H](NC(=O)CCCCC=O)C(=O)N[C@@H](C)C(=O)Nc1ccc(CO)cc1. The molecule has 3 amide bonds. The number of carbonyl (C=O) groups excluding carboxylic acids is 4. The van der Waals surface area contributed by atoms with Crippen LogP contribution < -0.4 is 16.0 Å². The summed E-state index contributed by atoms with van der Waals surface area (Å²) < 4.78 is 0. The lowest BCUT2D eigenvalue weighted by Crippen LogP contribution is -2.53. The van der Waals surface area contributed by atoms with Gasteiger partial charge in [0.1, 0.15) is 18.4 Å². The zero-order chi connectivity index (χ0) is 21.8. The van der Waals surface area contributed by atoms with Crippen LogP contribution in [0.2, 0.25) is 0 Å². The molecule has 8 nitrogen and oxygen atoms in total. The highest BCUT2D eigenvalue weighted by Crippen LogP contribution is 2.10. The van der Waals surface area contributed by atoms with Crippen LogP contribution in [-0.4, -0.2) is 41.2 Å². The molecule has 0 bridgehead atoms. The van der Waals surface area contributed by atoms with Gasteiger partial charge >= 0.3 is 0 Å². The summed E-state index contributed by atoms with van der Waals surface area (Å²) in [5.74, 6) is -1.24. The van der Waals surface area contributed by atoms with Crippen LogP contribution in [0.1, 0.15) is 52.0 Å². The van der Waals surface area contributed by atoms with Crippen LogP contribution in [0.3, 0.4) is 0 Å². The van der Waals surface area contributed by atoms with E-state index in [9.17, 15) is 19.2 Å². The standard InChI is InChI=1S/C21H31N3O5/c1-14(2)19(24-18(27)7-5-4-6-12-25)21(29)22-15(3)20(28)23-17-10-8-16(13-26)9-11-17/h8-12,14-15,19,26H,4-7,13H2,1-3H3,(H,22,29)(H,23,28)(H,24,27)/t15-,19-/m0/s1. The normalized spacial score (nSPS) is 12.7. The van der Waals surface area contributed by atoms with Gasteiger partial charge in [-0.05, 0) is 43.4 Å². The number of hydrogen-bond donors (Lipinski definition) is 4. The minimum absolute atomic E-state index is 0.0832. The summed E-state index contributed by atoms with van der Waals surface area (Å²) in [4.78, 5) is 47.3. The van der Waals surface area contributed by atoms with E-state index in [1.165, 1.54) is 0 Å². The highest BCUT2D eigenvalue weighted by molar-refractivity contribution is 5.98. The second-order valence-corrected chi connectivity index (χ2v) is 7.28. The van der Waals surface area contributed by atoms with Crippen molar-refractivity contribution in [1.82, 2.24) is 10.6 Å². The Kier molecular flexibility index (Phi) is 10.6. The molecule has 4 N–H and O–H groups in total. The van der Waals surface area contributed by atoms with Crippen molar-refractivity contribution in [3.8, 4) is 0 Å². The summed E-state index contributed by atoms with van der Waals surface area (Å²) in [7, 11) is 0. The summed E-state index contributed by atoms with van der Waals surface area (Å²) in [5, 5.41) is 17.1. The van der Waals surface area contributed by atoms with Gasteiger partial charge in [-0.3, -0.25) is 14.4 Å². The third-order valence-corrected chi connectivity index (χ3v) is 4.40. The summed E-state index contributed by atoms with van der Waals surface area (Å²) in [6, 6.07) is 5.16. The number of aliphatic hydroxyl groups is 1. The number of benzene rings is 1. The van der Waals surface area contributed by atoms with Gasteiger partial charge in [-0.25, -0.2) is 0 Å². The number of unbranched alkanes of at least 4 members (excludes halogenated alkanes) is 2. The number of carbonyl (C=O) groups is 4. The van der Waals surface area contributed by atoms with Crippen molar-refractivity contribution in [3.63, 3.8) is 0 Å². The molecule has 0 radical (unpaired) electrons. The fraction of sp³-hybridized carbons (Fsp3) is 0.524. The van der Waals surface area contributed by atoms with Crippen molar-refractivity contribution in [2.24, 2.45) is 5.92 Å². The maximum absolute atomic E-state index is 12.6. The third kappa shape index (κ3) is 8.87. The summed E-state index contributed by atoms with van der Waals surface area (Å²) in [6.07, 6.45) is 2.67. The first-order chi connectivity index (χ1) is 13.8. The first-order valence-electron chi connectivity index (χ1n) is 9.82. The molecule has 0 aromatic heterocycles. The van der Waals surface area contributed by atoms with Crippen molar-refractivity contribution in [2.45, 2.75) is 65.1 Å². The Bertz CT molecular complexity index is 688. The summed E-state index contributed by atoms with van der Waals surface area (Å²) >= 11 is 0. The average molecular weight is 405 g/mol. The van der Waals surface area contributed by atoms with Crippen LogP contribution in [0.25, 0.3) is 0 Å². The van der Waals surface area contributed by atoms with Gasteiger partial charge in [0.25, 0.3) is 0 Å². The highest BCUT2D eigenvalue weighted by atomic mass is 16.3. The van der Waals surface area contributed by atoms with Crippen molar-refractivity contribution in [3.05, 3.63) is 29.8 Å². The largest absolute Gasteiger partial charge is 0.392 e. The van der Waals surface area contributed by atoms with E-state index in [1.54, 1.807) is 31.2 Å². The maximum Gasteiger partial charge on any atom is 0.246 e. The average Bonchev–Trinajstić information content (AvgIpc) is 2.69. The van der Waals surface area contributed by atoms with Gasteiger partial charge in [0.2, 0.25) is 17.7 Å². The van der Waals surface area contributed by atoms with E-state index in [1.807, 2.05) is 13.8 Å². The predicted molar refractivity (Wildman–Crippen MR) is 110 cm³/mol. The lowest BCUT2D eigenvalue weighted by atomic mass is 10.0. The molecular formula is C21H31N3O5. The van der Waals surface area contributed by atoms with Crippen molar-refractivity contribution >= 4 is 29.7 Å². The molecule has 29 heavy (non-hydrogen) atoms. The van der Waals surface area contributed by atoms with Crippen LogP contribution in [0, 0.1) is 5.92 Å². The topological polar surface area (TPSA) is 125 Å². The third-order valence-electron chi connectivity index (χ3n) is 4.40. The molecule has 160 valence electrons. The smallest absolute Gasteiger partial charge is 0.246 e. The second kappa shape index (κ2) is 12.7. The Morgan fingerprint density at radius 3 is 2.21 bits per heavy atom. The molecule has 0 heterocycles. The van der Waals surface area contributed by atoms with Crippen molar-refractivity contribution < 1.29 is 24.3 Å². The Morgan fingerprint density at radius 1 is 1.00 bits per heavy atom. The van der Waals surface area contributed by atoms with Gasteiger partial charge in [0, 0.05) is 18.5 Å². The molecule has 0 aliphatic heterocycles. The predicted octanol–water partition coefficient (Wildman–Crippen LogP) is 1.52. The van der Waals surface area contributed by atoms with Gasteiger partial charge in [0.15, 0.2) is 0 Å². The minimum atomic E-state index is -0.800. The fourth-order valence-corrected chi connectivity index (χ4v) is 2.61. The highest BCUT2D eigenvalue weighted by Gasteiger charge is 2.26. The zero-order valence-electron chi connectivity index (χ0n) is 17.2. The number of nitrogens with one attached hydrogen (secondary N) is 3. The summed E-state index contributed by atoms with van der Waals surface area (Å²) in [5.41, 5.74) is 1.28. The van der Waals surface area contributed by atoms with E-state index >= 15 is 0 Å². The molecule has 0 aliphatic carbocycles. The Hall–Kier alpha value is -2.74. The Balaban J connectivity index is 2.57. The Labute approximate surface area is 171 Å². The molecule has 0 spiro atoms. The zero-order valence-corrected chi connectivity index (χ0v) is 17.2. The molecule has 1 aromatic rings. The van der Waals surface area contributed by atoms with Gasteiger partial charge in [-0.1, -0.05) is 26.0 Å². The van der Waals surface area contributed by atoms with Crippen molar-refractivity contribution in [2.75, 3.05) is 5.32 Å². The second-order valence-electron chi connectivity index (χ2n) is 7.28. The van der Waals surface area contributed by atoms with E-state index in [4.69, 9.17) is 5.11 Å². The molecule has 8 heteroatoms. The van der Waals surface area contributed by atoms with Gasteiger partial charge < -0.3 is 25.9 Å². The Morgan fingerprint density at radius 2 is 1.66 bits per heavy atom. The monoisotopic (exact) mass is 405 g/mol. The van der Waals surface area contributed by atoms with E-state index in [0.29, 0.717) is 24.9 Å². The molecular weight excluding hydrogens is 374 g/mol. The van der Waals surface area contributed by atoms with Gasteiger partial charge in [-0.15, -0.1) is 0 Å². The number of aldehydes is 1. The summed E-state index contributed by atoms with van der Waals surface area (Å²) in [6.45, 7) is 5.10. The van der Waals surface area contributed by atoms with Crippen LogP contribution in [0.5, 0.6) is 0 Å². The van der Waals surface area contributed by atoms with Crippen LogP contribution >= 0.6 is 0 Å². The lowest BCUT2D eigenvalue weighted by Gasteiger charge is -2.24. The molecule has 2 atom stereocenters. The minimum Gasteiger partial charge on any atom is -0.392 e. The first kappa shape index (κ1) is 24.3. The van der Waals surface area contributed by atoms with E-state index in [0.717, 1.165) is 11.8 Å². The molecule has 1 rings (SSSR count). The molecule has 0 saturated heterocycles. The number of aliphatic hydroxyl groups excluding tert-OH is 1. The van der Waals surface area contributed by atoms with E-state index in [2.05, 4.69) is 16.0 Å². The fourth-order valence-electron chi connectivity index (χ4n) is 2.61. The number of rotatable bonds is 12. The number of amides is 3. The number of anilines is 1. The molecule has 1 aromatic carbocycles. The quantitative estimate of drug-likeness (QED) is 0.310. The molecule has 0 fully saturated rings. The van der Waals surface area contributed by atoms with Crippen LogP contribution in [-0.2, 0) is 25.8 Å². The van der Waals surface area contributed by atoms with Crippen LogP contribution in [0.15, 0.2) is 24.3 Å². The van der Waals surface area contributed by atoms with Gasteiger partial charge in [-0.2, -0.15) is 0 Å².